The zero-order valence-corrected chi connectivity index (χ0v) is 14.6. The lowest BCUT2D eigenvalue weighted by Gasteiger charge is -2.11. The number of rotatable bonds is 5. The highest BCUT2D eigenvalue weighted by molar-refractivity contribution is 8.18. The Kier molecular flexibility index (Phi) is 5.12. The number of aromatic nitrogens is 1. The number of amidine groups is 1. The highest BCUT2D eigenvalue weighted by Crippen LogP contribution is 2.34. The Morgan fingerprint density at radius 2 is 2.17 bits per heavy atom. The number of hydrogen-bond donors (Lipinski definition) is 0. The summed E-state index contributed by atoms with van der Waals surface area (Å²) in [4.78, 5) is 23.5. The zero-order chi connectivity index (χ0) is 16.9. The minimum Gasteiger partial charge on any atom is -0.497 e. The predicted octanol–water partition coefficient (Wildman–Crippen LogP) is 3.94. The molecule has 1 aliphatic rings. The average molecular weight is 357 g/mol. The molecule has 7 heteroatoms. The first-order chi connectivity index (χ1) is 11.7. The van der Waals surface area contributed by atoms with Gasteiger partial charge in [0, 0.05) is 18.1 Å². The Labute approximate surface area is 148 Å². The second-order valence-corrected chi connectivity index (χ2v) is 6.68. The number of nitrogens with zero attached hydrogens (tertiary/aromatic N) is 3. The summed E-state index contributed by atoms with van der Waals surface area (Å²) in [5.41, 5.74) is 0.931. The van der Waals surface area contributed by atoms with E-state index in [4.69, 9.17) is 4.74 Å². The molecule has 1 fully saturated rings. The van der Waals surface area contributed by atoms with Crippen molar-refractivity contribution in [2.45, 2.75) is 0 Å². The van der Waals surface area contributed by atoms with E-state index in [1.807, 2.05) is 35.7 Å². The molecule has 0 aliphatic carbocycles. The third-order valence-corrected chi connectivity index (χ3v) is 4.90. The van der Waals surface area contributed by atoms with Gasteiger partial charge in [-0.25, -0.2) is 4.98 Å². The van der Waals surface area contributed by atoms with Crippen LogP contribution in [-0.2, 0) is 4.79 Å². The smallest absolute Gasteiger partial charge is 0.267 e. The van der Waals surface area contributed by atoms with Crippen LogP contribution in [0, 0.1) is 0 Å². The minimum absolute atomic E-state index is 0.0778. The van der Waals surface area contributed by atoms with E-state index in [2.05, 4.69) is 16.6 Å². The van der Waals surface area contributed by atoms with Gasteiger partial charge in [-0.15, -0.1) is 17.9 Å². The van der Waals surface area contributed by atoms with Crippen LogP contribution < -0.4 is 4.74 Å². The lowest BCUT2D eigenvalue weighted by Crippen LogP contribution is -2.29. The molecule has 0 bridgehead atoms. The van der Waals surface area contributed by atoms with Crippen LogP contribution in [0.2, 0.25) is 0 Å². The van der Waals surface area contributed by atoms with Gasteiger partial charge in [0.25, 0.3) is 5.91 Å². The van der Waals surface area contributed by atoms with Crippen LogP contribution in [0.4, 0.5) is 5.13 Å². The van der Waals surface area contributed by atoms with Crippen molar-refractivity contribution in [2.24, 2.45) is 4.99 Å². The Morgan fingerprint density at radius 1 is 1.38 bits per heavy atom. The van der Waals surface area contributed by atoms with E-state index in [1.54, 1.807) is 24.3 Å². The standard InChI is InChI=1S/C17H15N3O2S2/c1-3-9-20-15(21)14(11-12-4-6-13(22-2)7-5-12)24-17(20)19-16-18-8-10-23-16/h3-8,10-11H,1,9H2,2H3. The minimum atomic E-state index is -0.0778. The molecule has 1 aromatic heterocycles. The predicted molar refractivity (Wildman–Crippen MR) is 99.7 cm³/mol. The second kappa shape index (κ2) is 7.46. The van der Waals surface area contributed by atoms with Crippen LogP contribution in [0.3, 0.4) is 0 Å². The van der Waals surface area contributed by atoms with E-state index in [9.17, 15) is 4.79 Å². The molecule has 0 unspecified atom stereocenters. The summed E-state index contributed by atoms with van der Waals surface area (Å²) in [5.74, 6) is 0.702. The molecule has 1 aromatic carbocycles. The van der Waals surface area contributed by atoms with Crippen molar-refractivity contribution in [1.29, 1.82) is 0 Å². The van der Waals surface area contributed by atoms with Gasteiger partial charge in [0.2, 0.25) is 5.13 Å². The third-order valence-electron chi connectivity index (χ3n) is 3.22. The van der Waals surface area contributed by atoms with Crippen LogP contribution in [0.1, 0.15) is 5.56 Å². The zero-order valence-electron chi connectivity index (χ0n) is 13.0. The molecule has 1 amide bonds. The summed E-state index contributed by atoms with van der Waals surface area (Å²) in [7, 11) is 1.62. The molecular weight excluding hydrogens is 342 g/mol. The molecule has 0 spiro atoms. The fraction of sp³-hybridized carbons (Fsp3) is 0.118. The Balaban J connectivity index is 1.90. The van der Waals surface area contributed by atoms with Gasteiger partial charge in [-0.05, 0) is 35.5 Å². The maximum Gasteiger partial charge on any atom is 0.267 e. The first kappa shape index (κ1) is 16.5. The maximum atomic E-state index is 12.6. The van der Waals surface area contributed by atoms with Crippen molar-refractivity contribution in [2.75, 3.05) is 13.7 Å². The van der Waals surface area contributed by atoms with E-state index < -0.39 is 0 Å². The SMILES string of the molecule is C=CCN1C(=O)C(=Cc2ccc(OC)cc2)SC1=Nc1nccs1. The molecule has 0 radical (unpaired) electrons. The van der Waals surface area contributed by atoms with Crippen molar-refractivity contribution >= 4 is 45.4 Å². The van der Waals surface area contributed by atoms with E-state index in [1.165, 1.54) is 23.1 Å². The molecule has 2 heterocycles. The summed E-state index contributed by atoms with van der Waals surface area (Å²) in [6.45, 7) is 4.13. The van der Waals surface area contributed by atoms with Gasteiger partial charge < -0.3 is 4.74 Å². The summed E-state index contributed by atoms with van der Waals surface area (Å²) >= 11 is 2.78. The molecule has 1 aliphatic heterocycles. The average Bonchev–Trinajstić information content (AvgIpc) is 3.20. The number of carbonyl (C=O) groups is 1. The summed E-state index contributed by atoms with van der Waals surface area (Å²) in [6, 6.07) is 7.55. The van der Waals surface area contributed by atoms with Gasteiger partial charge in [0.05, 0.1) is 12.0 Å². The van der Waals surface area contributed by atoms with Crippen LogP contribution in [-0.4, -0.2) is 34.6 Å². The highest BCUT2D eigenvalue weighted by atomic mass is 32.2. The largest absolute Gasteiger partial charge is 0.497 e. The van der Waals surface area contributed by atoms with Gasteiger partial charge in [-0.2, -0.15) is 4.99 Å². The van der Waals surface area contributed by atoms with Gasteiger partial charge >= 0.3 is 0 Å². The summed E-state index contributed by atoms with van der Waals surface area (Å²) in [5, 5.41) is 3.10. The number of thioether (sulfide) groups is 1. The monoisotopic (exact) mass is 357 g/mol. The summed E-state index contributed by atoms with van der Waals surface area (Å²) < 4.78 is 5.15. The molecule has 0 saturated carbocycles. The van der Waals surface area contributed by atoms with E-state index in [0.717, 1.165) is 11.3 Å². The van der Waals surface area contributed by atoms with Crippen molar-refractivity contribution < 1.29 is 9.53 Å². The Morgan fingerprint density at radius 3 is 2.79 bits per heavy atom. The second-order valence-electron chi connectivity index (χ2n) is 4.80. The number of hydrogen-bond acceptors (Lipinski definition) is 6. The van der Waals surface area contributed by atoms with Crippen molar-refractivity contribution in [3.63, 3.8) is 0 Å². The van der Waals surface area contributed by atoms with Crippen molar-refractivity contribution in [1.82, 2.24) is 9.88 Å². The maximum absolute atomic E-state index is 12.6. The first-order valence-corrected chi connectivity index (χ1v) is 8.85. The fourth-order valence-corrected chi connectivity index (χ4v) is 3.64. The number of ether oxygens (including phenoxy) is 1. The molecule has 122 valence electrons. The summed E-state index contributed by atoms with van der Waals surface area (Å²) in [6.07, 6.45) is 5.23. The van der Waals surface area contributed by atoms with Crippen LogP contribution in [0.25, 0.3) is 6.08 Å². The quantitative estimate of drug-likeness (QED) is 0.601. The molecule has 5 nitrogen and oxygen atoms in total. The van der Waals surface area contributed by atoms with Gasteiger partial charge in [0.15, 0.2) is 5.17 Å². The fourth-order valence-electron chi connectivity index (χ4n) is 2.09. The van der Waals surface area contributed by atoms with Crippen LogP contribution in [0.15, 0.2) is 58.4 Å². The molecule has 2 aromatic rings. The lowest BCUT2D eigenvalue weighted by atomic mass is 10.2. The number of methoxy groups -OCH3 is 1. The molecule has 1 saturated heterocycles. The van der Waals surface area contributed by atoms with E-state index in [-0.39, 0.29) is 5.91 Å². The van der Waals surface area contributed by atoms with Gasteiger partial charge in [-0.3, -0.25) is 9.69 Å². The number of thiazole rings is 1. The normalized spacial score (nSPS) is 17.7. The number of benzene rings is 1. The highest BCUT2D eigenvalue weighted by Gasteiger charge is 2.32. The number of amides is 1. The van der Waals surface area contributed by atoms with Crippen LogP contribution in [0.5, 0.6) is 5.75 Å². The molecule has 0 N–H and O–H groups in total. The van der Waals surface area contributed by atoms with Gasteiger partial charge in [-0.1, -0.05) is 18.2 Å². The number of aliphatic imine (C=N–C) groups is 1. The first-order valence-electron chi connectivity index (χ1n) is 7.16. The Bertz CT molecular complexity index is 796. The molecular formula is C17H15N3O2S2. The van der Waals surface area contributed by atoms with Crippen LogP contribution >= 0.6 is 23.1 Å². The molecule has 24 heavy (non-hydrogen) atoms. The van der Waals surface area contributed by atoms with Gasteiger partial charge in [0.1, 0.15) is 5.75 Å². The topological polar surface area (TPSA) is 54.8 Å². The Hall–Kier alpha value is -2.38. The van der Waals surface area contributed by atoms with E-state index >= 15 is 0 Å². The molecule has 3 rings (SSSR count). The number of carbonyl (C=O) groups excluding carboxylic acids is 1. The van der Waals surface area contributed by atoms with E-state index in [0.29, 0.717) is 21.7 Å². The lowest BCUT2D eigenvalue weighted by molar-refractivity contribution is -0.121. The molecule has 0 atom stereocenters. The third kappa shape index (κ3) is 3.58. The van der Waals surface area contributed by atoms with Crippen molar-refractivity contribution in [3.8, 4) is 5.75 Å². The van der Waals surface area contributed by atoms with Crippen molar-refractivity contribution in [3.05, 3.63) is 59.0 Å².